The van der Waals surface area contributed by atoms with Crippen LogP contribution in [0.3, 0.4) is 0 Å². The Kier molecular flexibility index (Phi) is 4.57. The zero-order valence-corrected chi connectivity index (χ0v) is 15.8. The summed E-state index contributed by atoms with van der Waals surface area (Å²) in [6, 6.07) is 22.7. The van der Waals surface area contributed by atoms with Crippen molar-refractivity contribution in [1.82, 2.24) is 14.5 Å². The van der Waals surface area contributed by atoms with Crippen LogP contribution in [0.25, 0.3) is 16.7 Å². The first-order chi connectivity index (χ1) is 13.5. The Balaban J connectivity index is 1.65. The predicted octanol–water partition coefficient (Wildman–Crippen LogP) is 4.31. The molecular formula is C23H21N3O2. The predicted molar refractivity (Wildman–Crippen MR) is 110 cm³/mol. The van der Waals surface area contributed by atoms with E-state index in [2.05, 4.69) is 9.55 Å². The minimum Gasteiger partial charge on any atom is -0.508 e. The van der Waals surface area contributed by atoms with Crippen molar-refractivity contribution in [3.05, 3.63) is 89.7 Å². The second kappa shape index (κ2) is 7.19. The van der Waals surface area contributed by atoms with Crippen LogP contribution in [0.15, 0.2) is 72.8 Å². The Morgan fingerprint density at radius 1 is 1.04 bits per heavy atom. The molecule has 0 aliphatic rings. The van der Waals surface area contributed by atoms with E-state index in [0.29, 0.717) is 17.7 Å². The summed E-state index contributed by atoms with van der Waals surface area (Å²) in [4.78, 5) is 19.1. The Bertz CT molecular complexity index is 1150. The molecule has 0 spiro atoms. The number of aromatic hydroxyl groups is 1. The van der Waals surface area contributed by atoms with Gasteiger partial charge in [-0.3, -0.25) is 9.36 Å². The summed E-state index contributed by atoms with van der Waals surface area (Å²) in [5, 5.41) is 9.94. The first kappa shape index (κ1) is 17.8. The molecule has 0 bridgehead atoms. The van der Waals surface area contributed by atoms with Crippen LogP contribution < -0.4 is 0 Å². The minimum absolute atomic E-state index is 0.114. The number of fused-ring (bicyclic) bond motifs is 1. The molecule has 0 unspecified atom stereocenters. The summed E-state index contributed by atoms with van der Waals surface area (Å²) in [5.41, 5.74) is 4.07. The maximum atomic E-state index is 12.9. The van der Waals surface area contributed by atoms with Gasteiger partial charge in [0.25, 0.3) is 5.91 Å². The van der Waals surface area contributed by atoms with Gasteiger partial charge in [0.05, 0.1) is 11.0 Å². The van der Waals surface area contributed by atoms with Gasteiger partial charge >= 0.3 is 0 Å². The number of carbonyl (C=O) groups is 1. The van der Waals surface area contributed by atoms with Crippen LogP contribution in [0.1, 0.15) is 21.7 Å². The van der Waals surface area contributed by atoms with Gasteiger partial charge in [0, 0.05) is 30.4 Å². The highest BCUT2D eigenvalue weighted by Crippen LogP contribution is 2.23. The van der Waals surface area contributed by atoms with Gasteiger partial charge in [-0.25, -0.2) is 4.98 Å². The highest BCUT2D eigenvalue weighted by Gasteiger charge is 2.16. The van der Waals surface area contributed by atoms with Crippen molar-refractivity contribution in [2.45, 2.75) is 13.5 Å². The van der Waals surface area contributed by atoms with Gasteiger partial charge in [-0.05, 0) is 43.3 Å². The van der Waals surface area contributed by atoms with Crippen LogP contribution in [0.4, 0.5) is 0 Å². The zero-order valence-electron chi connectivity index (χ0n) is 15.8. The third-order valence-corrected chi connectivity index (χ3v) is 4.83. The number of amides is 1. The second-order valence-corrected chi connectivity index (χ2v) is 6.82. The third kappa shape index (κ3) is 3.22. The monoisotopic (exact) mass is 371 g/mol. The molecule has 1 N–H and O–H groups in total. The molecule has 0 radical (unpaired) electrons. The number of hydrogen-bond acceptors (Lipinski definition) is 3. The molecular weight excluding hydrogens is 350 g/mol. The number of aryl methyl sites for hydroxylation is 1. The van der Waals surface area contributed by atoms with E-state index in [9.17, 15) is 9.90 Å². The molecule has 4 aromatic rings. The molecule has 0 fully saturated rings. The Hall–Kier alpha value is -3.60. The lowest BCUT2D eigenvalue weighted by molar-refractivity contribution is 0.0784. The van der Waals surface area contributed by atoms with Crippen molar-refractivity contribution in [2.75, 3.05) is 7.05 Å². The summed E-state index contributed by atoms with van der Waals surface area (Å²) in [7, 11) is 1.73. The van der Waals surface area contributed by atoms with E-state index >= 15 is 0 Å². The average Bonchev–Trinajstić information content (AvgIpc) is 3.04. The van der Waals surface area contributed by atoms with Gasteiger partial charge in [-0.15, -0.1) is 0 Å². The van der Waals surface area contributed by atoms with Gasteiger partial charge in [0.15, 0.2) is 0 Å². The van der Waals surface area contributed by atoms with Gasteiger partial charge in [-0.1, -0.05) is 36.4 Å². The van der Waals surface area contributed by atoms with Crippen molar-refractivity contribution >= 4 is 16.9 Å². The lowest BCUT2D eigenvalue weighted by atomic mass is 10.1. The number of hydrogen-bond donors (Lipinski definition) is 1. The normalized spacial score (nSPS) is 10.9. The van der Waals surface area contributed by atoms with Crippen molar-refractivity contribution in [3.8, 4) is 11.4 Å². The van der Waals surface area contributed by atoms with Gasteiger partial charge in [-0.2, -0.15) is 0 Å². The summed E-state index contributed by atoms with van der Waals surface area (Å²) < 4.78 is 2.08. The minimum atomic E-state index is -0.114. The van der Waals surface area contributed by atoms with Crippen LogP contribution in [0.2, 0.25) is 0 Å². The van der Waals surface area contributed by atoms with Crippen LogP contribution in [-0.2, 0) is 6.54 Å². The van der Waals surface area contributed by atoms with Crippen LogP contribution in [0.5, 0.6) is 5.75 Å². The fourth-order valence-corrected chi connectivity index (χ4v) is 3.43. The number of rotatable bonds is 4. The number of imidazole rings is 1. The molecule has 5 heteroatoms. The van der Waals surface area contributed by atoms with Gasteiger partial charge < -0.3 is 10.0 Å². The number of nitrogens with zero attached hydrogens (tertiary/aromatic N) is 3. The fraction of sp³-hybridized carbons (Fsp3) is 0.130. The molecule has 1 amide bonds. The fourth-order valence-electron chi connectivity index (χ4n) is 3.43. The number of carbonyl (C=O) groups excluding carboxylic acids is 1. The highest BCUT2D eigenvalue weighted by molar-refractivity contribution is 5.97. The molecule has 0 saturated heterocycles. The van der Waals surface area contributed by atoms with Crippen molar-refractivity contribution in [2.24, 2.45) is 0 Å². The van der Waals surface area contributed by atoms with E-state index in [0.717, 1.165) is 22.5 Å². The standard InChI is InChI=1S/C23H21N3O2/c1-16-24-20-14-17(12-13-21(20)26(16)19-9-4-3-5-10-19)23(28)25(2)15-18-8-6-7-11-22(18)27/h3-14,27H,15H2,1-2H3. The molecule has 1 heterocycles. The molecule has 4 rings (SSSR count). The number of benzene rings is 3. The maximum Gasteiger partial charge on any atom is 0.253 e. The van der Waals surface area contributed by atoms with Gasteiger partial charge in [0.2, 0.25) is 0 Å². The van der Waals surface area contributed by atoms with Crippen molar-refractivity contribution < 1.29 is 9.90 Å². The van der Waals surface area contributed by atoms with E-state index in [1.807, 2.05) is 67.6 Å². The highest BCUT2D eigenvalue weighted by atomic mass is 16.3. The van der Waals surface area contributed by atoms with E-state index in [1.54, 1.807) is 24.1 Å². The Morgan fingerprint density at radius 3 is 2.50 bits per heavy atom. The molecule has 140 valence electrons. The van der Waals surface area contributed by atoms with Crippen LogP contribution >= 0.6 is 0 Å². The number of phenols is 1. The number of aromatic nitrogens is 2. The van der Waals surface area contributed by atoms with E-state index in [1.165, 1.54) is 0 Å². The quantitative estimate of drug-likeness (QED) is 0.581. The molecule has 5 nitrogen and oxygen atoms in total. The molecule has 0 saturated carbocycles. The smallest absolute Gasteiger partial charge is 0.253 e. The second-order valence-electron chi connectivity index (χ2n) is 6.82. The van der Waals surface area contributed by atoms with E-state index < -0.39 is 0 Å². The molecule has 1 aromatic heterocycles. The number of phenolic OH excluding ortho intramolecular Hbond substituents is 1. The van der Waals surface area contributed by atoms with E-state index in [-0.39, 0.29) is 11.7 Å². The van der Waals surface area contributed by atoms with Crippen molar-refractivity contribution in [3.63, 3.8) is 0 Å². The first-order valence-electron chi connectivity index (χ1n) is 9.11. The summed E-state index contributed by atoms with van der Waals surface area (Å²) in [6.07, 6.45) is 0. The molecule has 0 aliphatic heterocycles. The summed E-state index contributed by atoms with van der Waals surface area (Å²) in [6.45, 7) is 2.29. The Morgan fingerprint density at radius 2 is 1.75 bits per heavy atom. The zero-order chi connectivity index (χ0) is 19.7. The first-order valence-corrected chi connectivity index (χ1v) is 9.11. The Labute approximate surface area is 163 Å². The topological polar surface area (TPSA) is 58.4 Å². The number of para-hydroxylation sites is 2. The molecule has 0 atom stereocenters. The lowest BCUT2D eigenvalue weighted by Gasteiger charge is -2.18. The van der Waals surface area contributed by atoms with Crippen LogP contribution in [-0.4, -0.2) is 32.5 Å². The molecule has 28 heavy (non-hydrogen) atoms. The SMILES string of the molecule is Cc1nc2cc(C(=O)N(C)Cc3ccccc3O)ccc2n1-c1ccccc1. The van der Waals surface area contributed by atoms with E-state index in [4.69, 9.17) is 0 Å². The third-order valence-electron chi connectivity index (χ3n) is 4.83. The molecule has 3 aromatic carbocycles. The van der Waals surface area contributed by atoms with Gasteiger partial charge in [0.1, 0.15) is 11.6 Å². The molecule has 0 aliphatic carbocycles. The van der Waals surface area contributed by atoms with Crippen LogP contribution in [0, 0.1) is 6.92 Å². The summed E-state index contributed by atoms with van der Waals surface area (Å²) >= 11 is 0. The van der Waals surface area contributed by atoms with Crippen molar-refractivity contribution in [1.29, 1.82) is 0 Å². The summed E-state index contributed by atoms with van der Waals surface area (Å²) in [5.74, 6) is 0.945. The average molecular weight is 371 g/mol. The maximum absolute atomic E-state index is 12.9. The largest absolute Gasteiger partial charge is 0.508 e. The lowest BCUT2D eigenvalue weighted by Crippen LogP contribution is -2.26.